The quantitative estimate of drug-likeness (QED) is 0.405. The highest BCUT2D eigenvalue weighted by Gasteiger charge is 2.20. The lowest BCUT2D eigenvalue weighted by atomic mass is 10.1. The summed E-state index contributed by atoms with van der Waals surface area (Å²) in [6.45, 7) is 0.478. The molecule has 0 saturated carbocycles. The molecule has 4 aromatic rings. The molecule has 1 heterocycles. The van der Waals surface area contributed by atoms with Crippen LogP contribution >= 0.6 is 0 Å². The molecule has 0 aliphatic rings. The third-order valence-electron chi connectivity index (χ3n) is 5.07. The van der Waals surface area contributed by atoms with E-state index in [-0.39, 0.29) is 6.03 Å². The van der Waals surface area contributed by atoms with Gasteiger partial charge in [-0.3, -0.25) is 0 Å². The molecule has 0 radical (unpaired) electrons. The Balaban J connectivity index is 1.51. The van der Waals surface area contributed by atoms with Crippen molar-refractivity contribution in [2.24, 2.45) is 0 Å². The van der Waals surface area contributed by atoms with Gasteiger partial charge in [-0.15, -0.1) is 0 Å². The van der Waals surface area contributed by atoms with Crippen LogP contribution in [0.5, 0.6) is 5.75 Å². The number of methoxy groups -OCH3 is 1. The highest BCUT2D eigenvalue weighted by molar-refractivity contribution is 5.97. The van der Waals surface area contributed by atoms with Crippen molar-refractivity contribution < 1.29 is 9.53 Å². The van der Waals surface area contributed by atoms with Crippen molar-refractivity contribution in [2.45, 2.75) is 6.42 Å². The maximum atomic E-state index is 12.6. The fourth-order valence-electron chi connectivity index (χ4n) is 3.39. The first-order chi connectivity index (χ1) is 15.7. The summed E-state index contributed by atoms with van der Waals surface area (Å²) in [5.74, 6) is 1.17. The van der Waals surface area contributed by atoms with Crippen molar-refractivity contribution in [2.75, 3.05) is 24.7 Å². The monoisotopic (exact) mass is 427 g/mol. The van der Waals surface area contributed by atoms with Gasteiger partial charge in [0.05, 0.1) is 12.8 Å². The smallest absolute Gasteiger partial charge is 0.319 e. The molecule has 0 aliphatic heterocycles. The van der Waals surface area contributed by atoms with Gasteiger partial charge in [-0.05, 0) is 36.2 Å². The summed E-state index contributed by atoms with van der Waals surface area (Å²) >= 11 is 0. The molecule has 4 rings (SSSR count). The van der Waals surface area contributed by atoms with Gasteiger partial charge in [0, 0.05) is 12.1 Å². The number of anilines is 2. The average Bonchev–Trinajstić information content (AvgIpc) is 3.16. The SMILES string of the molecule is COc1ccc(CCNC(=O)Nc2c(-c3ccccc3)nn(-c3ccccc3)c2N)cc1. The van der Waals surface area contributed by atoms with Gasteiger partial charge in [0.25, 0.3) is 0 Å². The third kappa shape index (κ3) is 4.73. The second-order valence-electron chi connectivity index (χ2n) is 7.20. The normalized spacial score (nSPS) is 10.5. The molecule has 1 aromatic heterocycles. The van der Waals surface area contributed by atoms with Crippen LogP contribution < -0.4 is 21.1 Å². The number of nitrogens with two attached hydrogens (primary N) is 1. The summed E-state index contributed by atoms with van der Waals surface area (Å²) in [4.78, 5) is 12.6. The Hall–Kier alpha value is -4.26. The average molecular weight is 428 g/mol. The Kier molecular flexibility index (Phi) is 6.36. The molecule has 0 aliphatic carbocycles. The number of benzene rings is 3. The molecule has 0 bridgehead atoms. The van der Waals surface area contributed by atoms with Crippen LogP contribution in [0, 0.1) is 0 Å². The molecular weight excluding hydrogens is 402 g/mol. The summed E-state index contributed by atoms with van der Waals surface area (Å²) in [6, 6.07) is 26.7. The van der Waals surface area contributed by atoms with E-state index in [1.807, 2.05) is 84.9 Å². The molecule has 0 spiro atoms. The summed E-state index contributed by atoms with van der Waals surface area (Å²) in [5, 5.41) is 10.5. The number of amides is 2. The van der Waals surface area contributed by atoms with Crippen LogP contribution in [0.4, 0.5) is 16.3 Å². The van der Waals surface area contributed by atoms with Crippen molar-refractivity contribution in [3.8, 4) is 22.7 Å². The van der Waals surface area contributed by atoms with Crippen molar-refractivity contribution >= 4 is 17.5 Å². The van der Waals surface area contributed by atoms with Crippen molar-refractivity contribution in [3.05, 3.63) is 90.5 Å². The summed E-state index contributed by atoms with van der Waals surface area (Å²) in [7, 11) is 1.64. The van der Waals surface area contributed by atoms with Gasteiger partial charge in [0.1, 0.15) is 17.1 Å². The van der Waals surface area contributed by atoms with E-state index < -0.39 is 0 Å². The van der Waals surface area contributed by atoms with Gasteiger partial charge in [-0.25, -0.2) is 9.48 Å². The van der Waals surface area contributed by atoms with Crippen LogP contribution in [0.15, 0.2) is 84.9 Å². The van der Waals surface area contributed by atoms with Crippen LogP contribution in [0.25, 0.3) is 16.9 Å². The zero-order valence-electron chi connectivity index (χ0n) is 17.8. The number of nitrogens with one attached hydrogen (secondary N) is 2. The molecule has 0 atom stereocenters. The molecule has 0 fully saturated rings. The lowest BCUT2D eigenvalue weighted by Crippen LogP contribution is -2.30. The molecule has 7 nitrogen and oxygen atoms in total. The predicted octanol–water partition coefficient (Wildman–Crippen LogP) is 4.49. The van der Waals surface area contributed by atoms with E-state index in [4.69, 9.17) is 10.5 Å². The molecule has 2 amide bonds. The van der Waals surface area contributed by atoms with Crippen LogP contribution in [-0.2, 0) is 6.42 Å². The van der Waals surface area contributed by atoms with E-state index in [9.17, 15) is 4.79 Å². The number of nitrogens with zero attached hydrogens (tertiary/aromatic N) is 2. The van der Waals surface area contributed by atoms with E-state index in [1.54, 1.807) is 11.8 Å². The van der Waals surface area contributed by atoms with Crippen molar-refractivity contribution in [1.29, 1.82) is 0 Å². The third-order valence-corrected chi connectivity index (χ3v) is 5.07. The number of rotatable bonds is 7. The van der Waals surface area contributed by atoms with E-state index in [1.165, 1.54) is 0 Å². The molecular formula is C25H25N5O2. The topological polar surface area (TPSA) is 94.2 Å². The lowest BCUT2D eigenvalue weighted by Gasteiger charge is -2.09. The van der Waals surface area contributed by atoms with Gasteiger partial charge in [-0.2, -0.15) is 5.10 Å². The summed E-state index contributed by atoms with van der Waals surface area (Å²) < 4.78 is 6.81. The molecule has 7 heteroatoms. The second-order valence-corrected chi connectivity index (χ2v) is 7.20. The van der Waals surface area contributed by atoms with Crippen LogP contribution in [0.3, 0.4) is 0 Å². The maximum Gasteiger partial charge on any atom is 0.319 e. The zero-order valence-corrected chi connectivity index (χ0v) is 17.8. The standard InChI is InChI=1S/C25H25N5O2/c1-32-21-14-12-18(13-15-21)16-17-27-25(31)28-23-22(19-8-4-2-5-9-19)29-30(24(23)26)20-10-6-3-7-11-20/h2-15H,16-17,26H2,1H3,(H2,27,28,31). The molecule has 4 N–H and O–H groups in total. The minimum atomic E-state index is -0.338. The number of ether oxygens (including phenoxy) is 1. The Labute approximate surface area is 186 Å². The fraction of sp³-hybridized carbons (Fsp3) is 0.120. The fourth-order valence-corrected chi connectivity index (χ4v) is 3.39. The van der Waals surface area contributed by atoms with Crippen LogP contribution in [-0.4, -0.2) is 29.5 Å². The predicted molar refractivity (Wildman–Crippen MR) is 127 cm³/mol. The van der Waals surface area contributed by atoms with E-state index in [0.717, 1.165) is 22.6 Å². The number of carbonyl (C=O) groups excluding carboxylic acids is 1. The summed E-state index contributed by atoms with van der Waals surface area (Å²) in [6.07, 6.45) is 0.696. The first-order valence-corrected chi connectivity index (χ1v) is 10.3. The lowest BCUT2D eigenvalue weighted by molar-refractivity contribution is 0.252. The Morgan fingerprint density at radius 3 is 2.28 bits per heavy atom. The molecule has 162 valence electrons. The number of hydrogen-bond acceptors (Lipinski definition) is 4. The maximum absolute atomic E-state index is 12.6. The van der Waals surface area contributed by atoms with E-state index in [2.05, 4.69) is 15.7 Å². The van der Waals surface area contributed by atoms with Crippen molar-refractivity contribution in [1.82, 2.24) is 15.1 Å². The van der Waals surface area contributed by atoms with Gasteiger partial charge < -0.3 is 21.1 Å². The van der Waals surface area contributed by atoms with Gasteiger partial charge in [0.15, 0.2) is 5.82 Å². The first-order valence-electron chi connectivity index (χ1n) is 10.3. The number of aromatic nitrogens is 2. The number of hydrogen-bond donors (Lipinski definition) is 3. The Morgan fingerprint density at radius 2 is 1.62 bits per heavy atom. The second kappa shape index (κ2) is 9.70. The number of carbonyl (C=O) groups is 1. The first kappa shape index (κ1) is 21.0. The van der Waals surface area contributed by atoms with E-state index >= 15 is 0 Å². The number of nitrogen functional groups attached to an aromatic ring is 1. The summed E-state index contributed by atoms with van der Waals surface area (Å²) in [5.41, 5.74) is 10.3. The minimum Gasteiger partial charge on any atom is -0.497 e. The van der Waals surface area contributed by atoms with Crippen molar-refractivity contribution in [3.63, 3.8) is 0 Å². The zero-order chi connectivity index (χ0) is 22.3. The Bertz CT molecular complexity index is 1170. The van der Waals surface area contributed by atoms with Gasteiger partial charge in [-0.1, -0.05) is 60.7 Å². The highest BCUT2D eigenvalue weighted by atomic mass is 16.5. The highest BCUT2D eigenvalue weighted by Crippen LogP contribution is 2.33. The molecule has 0 saturated heterocycles. The van der Waals surface area contributed by atoms with Gasteiger partial charge >= 0.3 is 6.03 Å². The minimum absolute atomic E-state index is 0.338. The number of para-hydroxylation sites is 1. The largest absolute Gasteiger partial charge is 0.497 e. The van der Waals surface area contributed by atoms with E-state index in [0.29, 0.717) is 30.2 Å². The molecule has 32 heavy (non-hydrogen) atoms. The van der Waals surface area contributed by atoms with Crippen LogP contribution in [0.2, 0.25) is 0 Å². The number of urea groups is 1. The Morgan fingerprint density at radius 1 is 0.969 bits per heavy atom. The molecule has 3 aromatic carbocycles. The van der Waals surface area contributed by atoms with Gasteiger partial charge in [0.2, 0.25) is 0 Å². The molecule has 0 unspecified atom stereocenters. The van der Waals surface area contributed by atoms with Crippen LogP contribution in [0.1, 0.15) is 5.56 Å².